The maximum Gasteiger partial charge on any atom is 0.243 e. The van der Waals surface area contributed by atoms with E-state index >= 15 is 0 Å². The molecule has 0 aliphatic heterocycles. The van der Waals surface area contributed by atoms with Gasteiger partial charge in [0.2, 0.25) is 15.9 Å². The molecule has 26 heavy (non-hydrogen) atoms. The van der Waals surface area contributed by atoms with E-state index in [2.05, 4.69) is 9.69 Å². The van der Waals surface area contributed by atoms with E-state index in [1.54, 1.807) is 31.3 Å². The van der Waals surface area contributed by atoms with Crippen molar-refractivity contribution in [1.82, 2.24) is 8.68 Å². The van der Waals surface area contributed by atoms with Crippen molar-refractivity contribution in [2.75, 3.05) is 18.9 Å². The van der Waals surface area contributed by atoms with E-state index < -0.39 is 15.9 Å². The molecule has 136 valence electrons. The van der Waals surface area contributed by atoms with Gasteiger partial charge in [0.25, 0.3) is 0 Å². The van der Waals surface area contributed by atoms with Crippen molar-refractivity contribution in [1.29, 1.82) is 0 Å². The number of anilines is 1. The van der Waals surface area contributed by atoms with Crippen LogP contribution in [0.1, 0.15) is 11.1 Å². The number of carbonyl (C=O) groups excluding carboxylic acids is 1. The van der Waals surface area contributed by atoms with Gasteiger partial charge in [-0.15, -0.1) is 0 Å². The second-order valence-corrected chi connectivity index (χ2v) is 9.00. The topological polar surface area (TPSA) is 79.4 Å². The number of nitrogens with one attached hydrogen (secondary N) is 1. The van der Waals surface area contributed by atoms with Crippen LogP contribution in [-0.2, 0) is 14.8 Å². The average molecular weight is 390 g/mol. The molecule has 1 heterocycles. The predicted octanol–water partition coefficient (Wildman–Crippen LogP) is 3.17. The number of fused-ring (bicyclic) bond motifs is 1. The number of aryl methyl sites for hydroxylation is 2. The molecule has 0 bridgehead atoms. The van der Waals surface area contributed by atoms with Gasteiger partial charge in [0.15, 0.2) is 0 Å². The third-order valence-corrected chi connectivity index (χ3v) is 6.76. The quantitative estimate of drug-likeness (QED) is 0.727. The van der Waals surface area contributed by atoms with Crippen molar-refractivity contribution in [3.8, 4) is 0 Å². The summed E-state index contributed by atoms with van der Waals surface area (Å²) in [5.41, 5.74) is 2.11. The summed E-state index contributed by atoms with van der Waals surface area (Å²) >= 11 is 1.38. The van der Waals surface area contributed by atoms with Gasteiger partial charge in [0, 0.05) is 24.3 Å². The van der Waals surface area contributed by atoms with Crippen LogP contribution in [0, 0.1) is 13.8 Å². The molecular formula is C18H19N3O3S2. The van der Waals surface area contributed by atoms with Gasteiger partial charge in [-0.1, -0.05) is 12.1 Å². The van der Waals surface area contributed by atoms with E-state index in [1.807, 2.05) is 25.1 Å². The van der Waals surface area contributed by atoms with Crippen molar-refractivity contribution >= 4 is 43.2 Å². The second-order valence-electron chi connectivity index (χ2n) is 6.16. The van der Waals surface area contributed by atoms with Gasteiger partial charge in [-0.25, -0.2) is 8.42 Å². The lowest BCUT2D eigenvalue weighted by Crippen LogP contribution is -2.35. The van der Waals surface area contributed by atoms with Gasteiger partial charge in [-0.2, -0.15) is 8.68 Å². The lowest BCUT2D eigenvalue weighted by molar-refractivity contribution is -0.116. The Hall–Kier alpha value is -2.29. The molecule has 0 aliphatic rings. The Morgan fingerprint density at radius 1 is 1.19 bits per heavy atom. The largest absolute Gasteiger partial charge is 0.325 e. The highest BCUT2D eigenvalue weighted by atomic mass is 32.2. The third-order valence-electron chi connectivity index (χ3n) is 4.03. The molecule has 0 spiro atoms. The molecule has 0 fully saturated rings. The summed E-state index contributed by atoms with van der Waals surface area (Å²) in [6.45, 7) is 3.31. The number of benzene rings is 2. The Bertz CT molecular complexity index is 1070. The summed E-state index contributed by atoms with van der Waals surface area (Å²) in [6.07, 6.45) is 1.73. The van der Waals surface area contributed by atoms with Crippen LogP contribution in [0.5, 0.6) is 0 Å². The number of nitrogens with zero attached hydrogens (tertiary/aromatic N) is 2. The Kier molecular flexibility index (Phi) is 5.08. The number of likely N-dealkylation sites (N-methyl/N-ethyl adjacent to an activating group) is 1. The smallest absolute Gasteiger partial charge is 0.243 e. The van der Waals surface area contributed by atoms with Crippen LogP contribution in [0.15, 0.2) is 47.5 Å². The summed E-state index contributed by atoms with van der Waals surface area (Å²) < 4.78 is 31.7. The number of hydrogen-bond donors (Lipinski definition) is 1. The number of carbonyl (C=O) groups is 1. The molecule has 1 aromatic heterocycles. The molecule has 0 unspecified atom stereocenters. The van der Waals surface area contributed by atoms with Crippen molar-refractivity contribution < 1.29 is 13.2 Å². The van der Waals surface area contributed by atoms with E-state index in [0.29, 0.717) is 11.3 Å². The fourth-order valence-electron chi connectivity index (χ4n) is 2.59. The zero-order valence-electron chi connectivity index (χ0n) is 14.7. The molecule has 1 N–H and O–H groups in total. The average Bonchev–Trinajstić information content (AvgIpc) is 3.04. The lowest BCUT2D eigenvalue weighted by Gasteiger charge is -2.18. The van der Waals surface area contributed by atoms with E-state index in [1.165, 1.54) is 18.6 Å². The van der Waals surface area contributed by atoms with E-state index in [0.717, 1.165) is 20.0 Å². The third kappa shape index (κ3) is 3.77. The van der Waals surface area contributed by atoms with Crippen LogP contribution in [0.2, 0.25) is 0 Å². The molecule has 0 radical (unpaired) electrons. The molecule has 1 amide bonds. The Morgan fingerprint density at radius 3 is 2.73 bits per heavy atom. The van der Waals surface area contributed by atoms with Gasteiger partial charge in [-0.05, 0) is 60.8 Å². The molecule has 0 aliphatic carbocycles. The summed E-state index contributed by atoms with van der Waals surface area (Å²) in [4.78, 5) is 12.5. The van der Waals surface area contributed by atoms with Crippen molar-refractivity contribution in [3.05, 3.63) is 53.7 Å². The molecule has 3 rings (SSSR count). The zero-order valence-corrected chi connectivity index (χ0v) is 16.3. The maximum absolute atomic E-state index is 12.8. The summed E-state index contributed by atoms with van der Waals surface area (Å²) in [6, 6.07) is 10.7. The molecule has 0 saturated carbocycles. The van der Waals surface area contributed by atoms with E-state index in [-0.39, 0.29) is 11.4 Å². The van der Waals surface area contributed by atoms with Crippen LogP contribution in [0.3, 0.4) is 0 Å². The monoisotopic (exact) mass is 389 g/mol. The normalized spacial score (nSPS) is 11.8. The Labute approximate surface area is 156 Å². The highest BCUT2D eigenvalue weighted by molar-refractivity contribution is 7.89. The van der Waals surface area contributed by atoms with Crippen LogP contribution in [0.4, 0.5) is 5.69 Å². The van der Waals surface area contributed by atoms with Crippen LogP contribution in [-0.4, -0.2) is 36.6 Å². The molecule has 8 heteroatoms. The minimum absolute atomic E-state index is 0.221. The highest BCUT2D eigenvalue weighted by Crippen LogP contribution is 2.23. The van der Waals surface area contributed by atoms with Crippen LogP contribution >= 0.6 is 11.5 Å². The number of rotatable bonds is 5. The molecule has 0 atom stereocenters. The zero-order chi connectivity index (χ0) is 18.9. The lowest BCUT2D eigenvalue weighted by atomic mass is 10.2. The van der Waals surface area contributed by atoms with Gasteiger partial charge in [0.05, 0.1) is 16.1 Å². The van der Waals surface area contributed by atoms with Gasteiger partial charge < -0.3 is 5.32 Å². The van der Waals surface area contributed by atoms with Crippen molar-refractivity contribution in [2.45, 2.75) is 18.7 Å². The summed E-state index contributed by atoms with van der Waals surface area (Å²) in [5.74, 6) is -0.399. The van der Waals surface area contributed by atoms with Crippen LogP contribution in [0.25, 0.3) is 10.1 Å². The van der Waals surface area contributed by atoms with Crippen molar-refractivity contribution in [3.63, 3.8) is 0 Å². The fraction of sp³-hybridized carbons (Fsp3) is 0.222. The predicted molar refractivity (Wildman–Crippen MR) is 104 cm³/mol. The number of sulfonamides is 1. The first-order valence-corrected chi connectivity index (χ1v) is 10.2. The Morgan fingerprint density at radius 2 is 1.96 bits per heavy atom. The molecule has 2 aromatic carbocycles. The maximum atomic E-state index is 12.8. The standard InChI is InChI=1S/C18H19N3O3S2/c1-12-4-5-13(2)17(8-12)26(23,24)21(3)11-18(22)20-15-6-7-16-14(9-15)10-19-25-16/h4-10H,11H2,1-3H3,(H,20,22). The molecule has 0 saturated heterocycles. The SMILES string of the molecule is Cc1ccc(C)c(S(=O)(=O)N(C)CC(=O)Nc2ccc3sncc3c2)c1. The first-order valence-electron chi connectivity index (χ1n) is 7.95. The highest BCUT2D eigenvalue weighted by Gasteiger charge is 2.24. The van der Waals surface area contributed by atoms with Crippen molar-refractivity contribution in [2.24, 2.45) is 0 Å². The molecular weight excluding hydrogens is 370 g/mol. The second kappa shape index (κ2) is 7.14. The fourth-order valence-corrected chi connectivity index (χ4v) is 4.65. The molecule has 3 aromatic rings. The first-order chi connectivity index (χ1) is 12.3. The van der Waals surface area contributed by atoms with Gasteiger partial charge >= 0.3 is 0 Å². The van der Waals surface area contributed by atoms with E-state index in [9.17, 15) is 13.2 Å². The van der Waals surface area contributed by atoms with Gasteiger partial charge in [0.1, 0.15) is 0 Å². The van der Waals surface area contributed by atoms with E-state index in [4.69, 9.17) is 0 Å². The molecule has 6 nitrogen and oxygen atoms in total. The number of amides is 1. The first kappa shape index (κ1) is 18.5. The number of hydrogen-bond acceptors (Lipinski definition) is 5. The van der Waals surface area contributed by atoms with Crippen LogP contribution < -0.4 is 5.32 Å². The summed E-state index contributed by atoms with van der Waals surface area (Å²) in [5, 5.41) is 3.67. The van der Waals surface area contributed by atoms with Gasteiger partial charge in [-0.3, -0.25) is 4.79 Å². The minimum Gasteiger partial charge on any atom is -0.325 e. The summed E-state index contributed by atoms with van der Waals surface area (Å²) in [7, 11) is -2.34. The number of aromatic nitrogens is 1. The minimum atomic E-state index is -3.74. The Balaban J connectivity index is 1.74.